The Balaban J connectivity index is 2.61. The lowest BCUT2D eigenvalue weighted by molar-refractivity contribution is 0.112. The number of hydrogen-bond donors (Lipinski definition) is 2. The minimum atomic E-state index is 0.185. The van der Waals surface area contributed by atoms with Crippen LogP contribution in [-0.2, 0) is 6.42 Å². The fourth-order valence-corrected chi connectivity index (χ4v) is 1.43. The lowest BCUT2D eigenvalue weighted by Gasteiger charge is -2.06. The molecule has 2 rings (SSSR count). The number of nitrogens with one attached hydrogen (secondary N) is 2. The minimum Gasteiger partial charge on any atom is -0.320 e. The molecule has 1 unspecified atom stereocenters. The van der Waals surface area contributed by atoms with Gasteiger partial charge >= 0.3 is 0 Å². The molecule has 68 valence electrons. The molecule has 0 fully saturated rings. The van der Waals surface area contributed by atoms with Crippen LogP contribution in [0.5, 0.6) is 0 Å². The normalized spacial score (nSPS) is 19.3. The summed E-state index contributed by atoms with van der Waals surface area (Å²) in [5, 5.41) is 7.65. The first-order chi connectivity index (χ1) is 6.22. The molecule has 5 heteroatoms. The van der Waals surface area contributed by atoms with Gasteiger partial charge in [-0.2, -0.15) is 0 Å². The summed E-state index contributed by atoms with van der Waals surface area (Å²) in [6.07, 6.45) is 2.89. The number of nitrogens with zero attached hydrogens (tertiary/aromatic N) is 2. The van der Waals surface area contributed by atoms with E-state index in [0.29, 0.717) is 11.8 Å². The monoisotopic (exact) mass is 178 g/mol. The van der Waals surface area contributed by atoms with E-state index in [2.05, 4.69) is 10.4 Å². The molecule has 0 saturated carbocycles. The van der Waals surface area contributed by atoms with Gasteiger partial charge in [-0.1, -0.05) is 0 Å². The third-order valence-corrected chi connectivity index (χ3v) is 2.07. The van der Waals surface area contributed by atoms with Gasteiger partial charge in [0.25, 0.3) is 0 Å². The van der Waals surface area contributed by atoms with Crippen molar-refractivity contribution in [2.24, 2.45) is 0 Å². The lowest BCUT2D eigenvalue weighted by Crippen LogP contribution is -2.31. The van der Waals surface area contributed by atoms with Crippen LogP contribution in [-0.4, -0.2) is 22.0 Å². The summed E-state index contributed by atoms with van der Waals surface area (Å²) in [5.74, 6) is 0.808. The third kappa shape index (κ3) is 1.12. The summed E-state index contributed by atoms with van der Waals surface area (Å²) < 4.78 is 1.56. The Bertz CT molecular complexity index is 409. The van der Waals surface area contributed by atoms with E-state index in [4.69, 9.17) is 5.41 Å². The first kappa shape index (κ1) is 7.97. The summed E-state index contributed by atoms with van der Waals surface area (Å²) >= 11 is 0. The molecule has 2 N–H and O–H groups in total. The van der Waals surface area contributed by atoms with Gasteiger partial charge in [-0.15, -0.1) is 0 Å². The van der Waals surface area contributed by atoms with Crippen LogP contribution in [0.15, 0.2) is 6.20 Å². The topological polar surface area (TPSA) is 70.8 Å². The Morgan fingerprint density at radius 2 is 2.62 bits per heavy atom. The second-order valence-corrected chi connectivity index (χ2v) is 3.17. The summed E-state index contributed by atoms with van der Waals surface area (Å²) in [7, 11) is 0. The lowest BCUT2D eigenvalue weighted by atomic mass is 10.2. The number of carbonyl (C=O) groups is 1. The number of carbonyl (C=O) groups excluding carboxylic acids is 1. The molecule has 13 heavy (non-hydrogen) atoms. The van der Waals surface area contributed by atoms with Crippen molar-refractivity contribution in [1.82, 2.24) is 9.66 Å². The molecule has 5 nitrogen and oxygen atoms in total. The largest absolute Gasteiger partial charge is 0.320 e. The zero-order valence-electron chi connectivity index (χ0n) is 7.24. The van der Waals surface area contributed by atoms with E-state index >= 15 is 0 Å². The van der Waals surface area contributed by atoms with Crippen LogP contribution >= 0.6 is 0 Å². The van der Waals surface area contributed by atoms with Gasteiger partial charge in [0.2, 0.25) is 0 Å². The van der Waals surface area contributed by atoms with Crippen molar-refractivity contribution < 1.29 is 4.79 Å². The Morgan fingerprint density at radius 3 is 3.31 bits per heavy atom. The highest BCUT2D eigenvalue weighted by Crippen LogP contribution is 2.05. The van der Waals surface area contributed by atoms with Crippen molar-refractivity contribution >= 4 is 6.29 Å². The molecule has 1 aliphatic rings. The second kappa shape index (κ2) is 2.69. The first-order valence-electron chi connectivity index (χ1n) is 4.09. The Hall–Kier alpha value is -1.65. The van der Waals surface area contributed by atoms with E-state index in [0.717, 1.165) is 12.2 Å². The number of hydrogen-bond acceptors (Lipinski definition) is 4. The van der Waals surface area contributed by atoms with Crippen LogP contribution in [0.3, 0.4) is 0 Å². The van der Waals surface area contributed by atoms with Crippen molar-refractivity contribution in [3.63, 3.8) is 0 Å². The molecular weight excluding hydrogens is 168 g/mol. The Kier molecular flexibility index (Phi) is 1.65. The van der Waals surface area contributed by atoms with Crippen molar-refractivity contribution in [3.05, 3.63) is 23.1 Å². The van der Waals surface area contributed by atoms with E-state index in [1.54, 1.807) is 4.68 Å². The molecule has 0 bridgehead atoms. The molecule has 1 aromatic heterocycles. The number of fused-ring (bicyclic) bond motifs is 1. The van der Waals surface area contributed by atoms with Crippen molar-refractivity contribution in [2.75, 3.05) is 5.43 Å². The molecule has 1 aromatic rings. The summed E-state index contributed by atoms with van der Waals surface area (Å²) in [6.45, 7) is 2.01. The van der Waals surface area contributed by atoms with E-state index in [9.17, 15) is 4.79 Å². The van der Waals surface area contributed by atoms with Crippen LogP contribution < -0.4 is 10.9 Å². The fourth-order valence-electron chi connectivity index (χ4n) is 1.43. The van der Waals surface area contributed by atoms with Crippen LogP contribution in [0.4, 0.5) is 0 Å². The highest BCUT2D eigenvalue weighted by Gasteiger charge is 2.18. The molecule has 0 spiro atoms. The predicted molar refractivity (Wildman–Crippen MR) is 46.0 cm³/mol. The molecule has 1 atom stereocenters. The zero-order valence-corrected chi connectivity index (χ0v) is 7.24. The van der Waals surface area contributed by atoms with Gasteiger partial charge in [0, 0.05) is 18.7 Å². The van der Waals surface area contributed by atoms with Crippen LogP contribution in [0.25, 0.3) is 0 Å². The molecule has 0 amide bonds. The molecule has 0 saturated heterocycles. The van der Waals surface area contributed by atoms with Crippen LogP contribution in [0.1, 0.15) is 23.1 Å². The fraction of sp³-hybridized carbons (Fsp3) is 0.375. The first-order valence-corrected chi connectivity index (χ1v) is 4.09. The van der Waals surface area contributed by atoms with Crippen molar-refractivity contribution in [2.45, 2.75) is 19.4 Å². The van der Waals surface area contributed by atoms with E-state index in [-0.39, 0.29) is 11.5 Å². The molecule has 1 aliphatic heterocycles. The predicted octanol–water partition coefficient (Wildman–Crippen LogP) is -0.337. The van der Waals surface area contributed by atoms with E-state index in [1.807, 2.05) is 6.92 Å². The SMILES string of the molecule is CC1Cc2ncc(C=O)c(=N)n2N1. The maximum Gasteiger partial charge on any atom is 0.157 e. The van der Waals surface area contributed by atoms with Gasteiger partial charge in [-0.05, 0) is 6.92 Å². The van der Waals surface area contributed by atoms with Gasteiger partial charge in [0.1, 0.15) is 5.82 Å². The number of aromatic nitrogens is 2. The summed E-state index contributed by atoms with van der Waals surface area (Å²) in [6, 6.07) is 0.276. The van der Waals surface area contributed by atoms with Gasteiger partial charge in [0.05, 0.1) is 5.56 Å². The molecule has 0 aliphatic carbocycles. The Morgan fingerprint density at radius 1 is 1.85 bits per heavy atom. The average Bonchev–Trinajstić information content (AvgIpc) is 2.47. The molecule has 0 aromatic carbocycles. The van der Waals surface area contributed by atoms with Gasteiger partial charge in [0.15, 0.2) is 11.8 Å². The van der Waals surface area contributed by atoms with E-state index in [1.165, 1.54) is 6.20 Å². The minimum absolute atomic E-state index is 0.185. The average molecular weight is 178 g/mol. The summed E-state index contributed by atoms with van der Waals surface area (Å²) in [4.78, 5) is 14.6. The van der Waals surface area contributed by atoms with Crippen molar-refractivity contribution in [1.29, 1.82) is 5.41 Å². The smallest absolute Gasteiger partial charge is 0.157 e. The van der Waals surface area contributed by atoms with Gasteiger partial charge < -0.3 is 5.43 Å². The van der Waals surface area contributed by atoms with Gasteiger partial charge in [-0.3, -0.25) is 10.2 Å². The maximum atomic E-state index is 10.5. The van der Waals surface area contributed by atoms with Gasteiger partial charge in [-0.25, -0.2) is 9.66 Å². The zero-order chi connectivity index (χ0) is 9.42. The van der Waals surface area contributed by atoms with Crippen LogP contribution in [0.2, 0.25) is 0 Å². The number of rotatable bonds is 1. The van der Waals surface area contributed by atoms with Crippen LogP contribution in [0, 0.1) is 5.41 Å². The van der Waals surface area contributed by atoms with E-state index < -0.39 is 0 Å². The Labute approximate surface area is 74.9 Å². The molecule has 2 heterocycles. The summed E-state index contributed by atoms with van der Waals surface area (Å²) in [5.41, 5.74) is 3.54. The standard InChI is InChI=1S/C8H10N4O/c1-5-2-7-10-3-6(4-13)8(9)12(7)11-5/h3-5,9,11H,2H2,1H3. The highest BCUT2D eigenvalue weighted by molar-refractivity contribution is 5.73. The quantitative estimate of drug-likeness (QED) is 0.578. The maximum absolute atomic E-state index is 10.5. The second-order valence-electron chi connectivity index (χ2n) is 3.17. The highest BCUT2D eigenvalue weighted by atomic mass is 16.1. The molecular formula is C8H10N4O. The van der Waals surface area contributed by atoms with Crippen molar-refractivity contribution in [3.8, 4) is 0 Å². The molecule has 0 radical (unpaired) electrons. The third-order valence-electron chi connectivity index (χ3n) is 2.07. The number of aldehydes is 1.